The zero-order valence-corrected chi connectivity index (χ0v) is 8.47. The fraction of sp³-hybridized carbons (Fsp3) is 0.200. The van der Waals surface area contributed by atoms with E-state index in [2.05, 4.69) is 0 Å². The van der Waals surface area contributed by atoms with Crippen molar-refractivity contribution in [3.05, 3.63) is 23.8 Å². The second-order valence-electron chi connectivity index (χ2n) is 2.95. The Bertz CT molecular complexity index is 462. The number of hydrogen-bond acceptors (Lipinski definition) is 4. The van der Waals surface area contributed by atoms with Gasteiger partial charge in [0.15, 0.2) is 5.06 Å². The third kappa shape index (κ3) is 1.42. The third-order valence-corrected chi connectivity index (χ3v) is 2.93. The predicted octanol–water partition coefficient (Wildman–Crippen LogP) is 2.11. The van der Waals surface area contributed by atoms with E-state index >= 15 is 0 Å². The lowest BCUT2D eigenvalue weighted by Gasteiger charge is -2.03. The molecular formula is C10H10O3S. The SMILES string of the molecule is COc1cc(CO)cc2sc(O)cc12. The predicted molar refractivity (Wildman–Crippen MR) is 56.0 cm³/mol. The van der Waals surface area contributed by atoms with E-state index in [1.807, 2.05) is 6.07 Å². The van der Waals surface area contributed by atoms with E-state index in [1.54, 1.807) is 19.2 Å². The maximum Gasteiger partial charge on any atom is 0.172 e. The molecule has 14 heavy (non-hydrogen) atoms. The van der Waals surface area contributed by atoms with Gasteiger partial charge in [0.25, 0.3) is 0 Å². The molecular weight excluding hydrogens is 200 g/mol. The van der Waals surface area contributed by atoms with Gasteiger partial charge in [-0.15, -0.1) is 0 Å². The Morgan fingerprint density at radius 1 is 1.36 bits per heavy atom. The maximum atomic E-state index is 9.34. The topological polar surface area (TPSA) is 49.7 Å². The molecule has 0 aliphatic heterocycles. The molecule has 0 saturated heterocycles. The Morgan fingerprint density at radius 3 is 2.79 bits per heavy atom. The lowest BCUT2D eigenvalue weighted by molar-refractivity contribution is 0.281. The molecule has 2 aromatic rings. The van der Waals surface area contributed by atoms with E-state index in [-0.39, 0.29) is 11.7 Å². The molecule has 74 valence electrons. The van der Waals surface area contributed by atoms with Crippen LogP contribution in [0.25, 0.3) is 10.1 Å². The number of aliphatic hydroxyl groups is 1. The van der Waals surface area contributed by atoms with Crippen molar-refractivity contribution in [3.8, 4) is 10.8 Å². The summed E-state index contributed by atoms with van der Waals surface area (Å²) >= 11 is 1.28. The molecule has 3 nitrogen and oxygen atoms in total. The monoisotopic (exact) mass is 210 g/mol. The van der Waals surface area contributed by atoms with Crippen LogP contribution in [0.15, 0.2) is 18.2 Å². The van der Waals surface area contributed by atoms with Crippen LogP contribution >= 0.6 is 11.3 Å². The summed E-state index contributed by atoms with van der Waals surface area (Å²) in [6.07, 6.45) is 0. The first kappa shape index (κ1) is 9.30. The van der Waals surface area contributed by atoms with Crippen LogP contribution in [0, 0.1) is 0 Å². The van der Waals surface area contributed by atoms with Crippen molar-refractivity contribution < 1.29 is 14.9 Å². The van der Waals surface area contributed by atoms with Crippen LogP contribution in [0.2, 0.25) is 0 Å². The fourth-order valence-electron chi connectivity index (χ4n) is 1.41. The Labute approximate surface area is 85.2 Å². The molecule has 1 aromatic carbocycles. The second kappa shape index (κ2) is 3.48. The first-order valence-corrected chi connectivity index (χ1v) is 4.96. The van der Waals surface area contributed by atoms with Crippen LogP contribution in [-0.4, -0.2) is 17.3 Å². The molecule has 0 aliphatic rings. The summed E-state index contributed by atoms with van der Waals surface area (Å²) in [5, 5.41) is 19.5. The maximum absolute atomic E-state index is 9.34. The first-order valence-electron chi connectivity index (χ1n) is 4.15. The Hall–Kier alpha value is -1.26. The summed E-state index contributed by atoms with van der Waals surface area (Å²) in [7, 11) is 1.57. The van der Waals surface area contributed by atoms with Crippen molar-refractivity contribution in [1.29, 1.82) is 0 Å². The van der Waals surface area contributed by atoms with Gasteiger partial charge in [0.05, 0.1) is 13.7 Å². The van der Waals surface area contributed by atoms with Gasteiger partial charge in [0, 0.05) is 16.2 Å². The minimum atomic E-state index is -0.0229. The van der Waals surface area contributed by atoms with Crippen LogP contribution < -0.4 is 4.74 Å². The molecule has 4 heteroatoms. The first-order chi connectivity index (χ1) is 6.74. The average molecular weight is 210 g/mol. The van der Waals surface area contributed by atoms with Crippen molar-refractivity contribution in [2.24, 2.45) is 0 Å². The summed E-state index contributed by atoms with van der Waals surface area (Å²) in [4.78, 5) is 0. The zero-order valence-electron chi connectivity index (χ0n) is 7.65. The molecule has 0 saturated carbocycles. The molecule has 2 N–H and O–H groups in total. The smallest absolute Gasteiger partial charge is 0.172 e. The Balaban J connectivity index is 2.72. The van der Waals surface area contributed by atoms with E-state index in [1.165, 1.54) is 11.3 Å². The van der Waals surface area contributed by atoms with Gasteiger partial charge >= 0.3 is 0 Å². The number of hydrogen-bond donors (Lipinski definition) is 2. The molecule has 1 heterocycles. The van der Waals surface area contributed by atoms with E-state index in [0.717, 1.165) is 15.6 Å². The molecule has 0 bridgehead atoms. The number of aromatic hydroxyl groups is 1. The molecule has 0 unspecified atom stereocenters. The molecule has 0 radical (unpaired) electrons. The number of thiophene rings is 1. The minimum absolute atomic E-state index is 0.0229. The van der Waals surface area contributed by atoms with Crippen LogP contribution in [0.1, 0.15) is 5.56 Å². The van der Waals surface area contributed by atoms with Crippen LogP contribution in [0.3, 0.4) is 0 Å². The van der Waals surface area contributed by atoms with E-state index in [9.17, 15) is 5.11 Å². The van der Waals surface area contributed by atoms with E-state index in [0.29, 0.717) is 5.75 Å². The summed E-state index contributed by atoms with van der Waals surface area (Å²) in [5.74, 6) is 0.683. The number of benzene rings is 1. The minimum Gasteiger partial charge on any atom is -0.499 e. The van der Waals surface area contributed by atoms with Gasteiger partial charge in [-0.1, -0.05) is 11.3 Å². The van der Waals surface area contributed by atoms with Gasteiger partial charge in [0.1, 0.15) is 5.75 Å². The molecule has 0 atom stereocenters. The van der Waals surface area contributed by atoms with Gasteiger partial charge in [0.2, 0.25) is 0 Å². The zero-order chi connectivity index (χ0) is 10.1. The number of ether oxygens (including phenoxy) is 1. The van der Waals surface area contributed by atoms with Gasteiger partial charge < -0.3 is 14.9 Å². The van der Waals surface area contributed by atoms with Crippen molar-refractivity contribution in [3.63, 3.8) is 0 Å². The average Bonchev–Trinajstić information content (AvgIpc) is 2.56. The lowest BCUT2D eigenvalue weighted by atomic mass is 10.1. The molecule has 0 spiro atoms. The van der Waals surface area contributed by atoms with Gasteiger partial charge in [-0.3, -0.25) is 0 Å². The summed E-state index contributed by atoms with van der Waals surface area (Å²) in [5.41, 5.74) is 0.788. The van der Waals surface area contributed by atoms with Gasteiger partial charge in [-0.05, 0) is 17.7 Å². The highest BCUT2D eigenvalue weighted by Gasteiger charge is 2.07. The van der Waals surface area contributed by atoms with E-state index < -0.39 is 0 Å². The highest BCUT2D eigenvalue weighted by molar-refractivity contribution is 7.20. The van der Waals surface area contributed by atoms with Gasteiger partial charge in [-0.25, -0.2) is 0 Å². The third-order valence-electron chi connectivity index (χ3n) is 2.05. The molecule has 0 aliphatic carbocycles. The van der Waals surface area contributed by atoms with Crippen LogP contribution in [0.4, 0.5) is 0 Å². The standard InChI is InChI=1S/C10H10O3S/c1-13-8-2-6(5-11)3-9-7(8)4-10(12)14-9/h2-4,11-12H,5H2,1H3. The van der Waals surface area contributed by atoms with E-state index in [4.69, 9.17) is 9.84 Å². The quantitative estimate of drug-likeness (QED) is 0.798. The van der Waals surface area contributed by atoms with Crippen molar-refractivity contribution in [2.75, 3.05) is 7.11 Å². The van der Waals surface area contributed by atoms with Crippen LogP contribution in [-0.2, 0) is 6.61 Å². The Morgan fingerprint density at radius 2 is 2.14 bits per heavy atom. The van der Waals surface area contributed by atoms with Crippen LogP contribution in [0.5, 0.6) is 10.8 Å². The van der Waals surface area contributed by atoms with Crippen molar-refractivity contribution >= 4 is 21.4 Å². The largest absolute Gasteiger partial charge is 0.499 e. The summed E-state index contributed by atoms with van der Waals surface area (Å²) in [6, 6.07) is 5.29. The highest BCUT2D eigenvalue weighted by Crippen LogP contribution is 2.37. The number of aliphatic hydroxyl groups excluding tert-OH is 1. The summed E-state index contributed by atoms with van der Waals surface area (Å²) < 4.78 is 6.09. The van der Waals surface area contributed by atoms with Crippen molar-refractivity contribution in [1.82, 2.24) is 0 Å². The highest BCUT2D eigenvalue weighted by atomic mass is 32.1. The molecule has 2 rings (SSSR count). The summed E-state index contributed by atoms with van der Waals surface area (Å²) in [6.45, 7) is -0.0229. The number of methoxy groups -OCH3 is 1. The van der Waals surface area contributed by atoms with Gasteiger partial charge in [-0.2, -0.15) is 0 Å². The fourth-order valence-corrected chi connectivity index (χ4v) is 2.29. The number of fused-ring (bicyclic) bond motifs is 1. The Kier molecular flexibility index (Phi) is 2.31. The molecule has 0 amide bonds. The molecule has 1 aromatic heterocycles. The van der Waals surface area contributed by atoms with Crippen molar-refractivity contribution in [2.45, 2.75) is 6.61 Å². The normalized spacial score (nSPS) is 10.7. The molecule has 0 fully saturated rings. The second-order valence-corrected chi connectivity index (χ2v) is 4.01. The lowest BCUT2D eigenvalue weighted by Crippen LogP contribution is -1.87. The number of rotatable bonds is 2.